The molecular formula is C22H28F3N7O3S. The molecule has 0 bridgehead atoms. The maximum absolute atomic E-state index is 13.7. The Labute approximate surface area is 207 Å². The van der Waals surface area contributed by atoms with Crippen molar-refractivity contribution in [1.82, 2.24) is 24.9 Å². The second-order valence-corrected chi connectivity index (χ2v) is 10.4. The number of anilines is 2. The Balaban J connectivity index is 1.37. The zero-order chi connectivity index (χ0) is 25.9. The lowest BCUT2D eigenvalue weighted by Gasteiger charge is -2.37. The molecule has 0 radical (unpaired) electrons. The zero-order valence-corrected chi connectivity index (χ0v) is 20.5. The molecule has 0 unspecified atom stereocenters. The minimum Gasteiger partial charge on any atom is -0.367 e. The number of alkyl halides is 3. The summed E-state index contributed by atoms with van der Waals surface area (Å²) in [4.78, 5) is 23.1. The molecule has 14 heteroatoms. The van der Waals surface area contributed by atoms with Crippen molar-refractivity contribution in [2.75, 3.05) is 49.4 Å². The predicted octanol–water partition coefficient (Wildman–Crippen LogP) is 1.83. The molecule has 1 amide bonds. The molecule has 10 nitrogen and oxygen atoms in total. The normalized spacial score (nSPS) is 17.2. The third kappa shape index (κ3) is 6.83. The average molecular weight is 528 g/mol. The maximum atomic E-state index is 13.7. The molecule has 1 aliphatic heterocycles. The number of nitrogens with one attached hydrogen (secondary N) is 3. The Morgan fingerprint density at radius 2 is 1.86 bits per heavy atom. The first-order chi connectivity index (χ1) is 17.0. The number of piperazine rings is 1. The second-order valence-electron chi connectivity index (χ2n) is 8.85. The highest BCUT2D eigenvalue weighted by Gasteiger charge is 2.38. The quantitative estimate of drug-likeness (QED) is 0.455. The number of hydrogen-bond acceptors (Lipinski definition) is 7. The van der Waals surface area contributed by atoms with Gasteiger partial charge in [-0.1, -0.05) is 0 Å². The predicted molar refractivity (Wildman–Crippen MR) is 128 cm³/mol. The van der Waals surface area contributed by atoms with Crippen molar-refractivity contribution in [3.05, 3.63) is 47.4 Å². The van der Waals surface area contributed by atoms with Crippen LogP contribution in [0.4, 0.5) is 24.7 Å². The maximum Gasteiger partial charge on any atom is 0.435 e. The lowest BCUT2D eigenvalue weighted by molar-refractivity contribution is -0.140. The van der Waals surface area contributed by atoms with Gasteiger partial charge in [-0.05, 0) is 48.6 Å². The SMILES string of the molecule is CNC(=O)c1ccc(N2CCN(Cc3ccnc(NS(=O)(=O)NCC4CC4)c3)CC2)c(C(F)(F)F)n1. The Hall–Kier alpha value is -2.97. The van der Waals surface area contributed by atoms with E-state index in [1.165, 1.54) is 25.4 Å². The number of amides is 1. The third-order valence-electron chi connectivity index (χ3n) is 6.04. The van der Waals surface area contributed by atoms with E-state index in [2.05, 4.69) is 29.6 Å². The molecule has 3 N–H and O–H groups in total. The summed E-state index contributed by atoms with van der Waals surface area (Å²) in [5.41, 5.74) is -0.613. The van der Waals surface area contributed by atoms with Gasteiger partial charge in [0.2, 0.25) is 0 Å². The molecule has 196 valence electrons. The van der Waals surface area contributed by atoms with E-state index >= 15 is 0 Å². The highest BCUT2D eigenvalue weighted by Crippen LogP contribution is 2.36. The van der Waals surface area contributed by atoms with Gasteiger partial charge in [0.25, 0.3) is 16.1 Å². The standard InChI is InChI=1S/C22H28F3N7O3S/c1-26-21(33)17-4-5-18(20(29-17)22(23,24)25)32-10-8-31(9-11-32)14-16-6-7-27-19(12-16)30-36(34,35)28-13-15-2-3-15/h4-7,12,15,28H,2-3,8-11,13-14H2,1H3,(H,26,33)(H,27,30). The van der Waals surface area contributed by atoms with Crippen molar-refractivity contribution in [2.24, 2.45) is 5.92 Å². The number of nitrogens with zero attached hydrogens (tertiary/aromatic N) is 4. The van der Waals surface area contributed by atoms with Gasteiger partial charge in [0.05, 0.1) is 5.69 Å². The van der Waals surface area contributed by atoms with Gasteiger partial charge in [0, 0.05) is 52.5 Å². The Morgan fingerprint density at radius 3 is 2.50 bits per heavy atom. The second kappa shape index (κ2) is 10.6. The summed E-state index contributed by atoms with van der Waals surface area (Å²) < 4.78 is 70.3. The van der Waals surface area contributed by atoms with Crippen molar-refractivity contribution in [1.29, 1.82) is 0 Å². The number of carbonyl (C=O) groups excluding carboxylic acids is 1. The van der Waals surface area contributed by atoms with Crippen LogP contribution in [0, 0.1) is 5.92 Å². The summed E-state index contributed by atoms with van der Waals surface area (Å²) in [5.74, 6) is -0.0857. The Morgan fingerprint density at radius 1 is 1.14 bits per heavy atom. The molecule has 4 rings (SSSR count). The van der Waals surface area contributed by atoms with Crippen LogP contribution in [-0.2, 0) is 22.9 Å². The van der Waals surface area contributed by atoms with Crippen LogP contribution in [0.3, 0.4) is 0 Å². The molecule has 1 saturated heterocycles. The molecule has 1 saturated carbocycles. The van der Waals surface area contributed by atoms with Crippen molar-refractivity contribution in [3.63, 3.8) is 0 Å². The van der Waals surface area contributed by atoms with E-state index in [0.29, 0.717) is 45.2 Å². The fourth-order valence-corrected chi connectivity index (χ4v) is 4.84. The highest BCUT2D eigenvalue weighted by atomic mass is 32.2. The van der Waals surface area contributed by atoms with Crippen molar-refractivity contribution in [3.8, 4) is 0 Å². The summed E-state index contributed by atoms with van der Waals surface area (Å²) >= 11 is 0. The number of hydrogen-bond donors (Lipinski definition) is 3. The van der Waals surface area contributed by atoms with Crippen LogP contribution in [-0.4, -0.2) is 69.0 Å². The highest BCUT2D eigenvalue weighted by molar-refractivity contribution is 7.90. The fourth-order valence-electron chi connectivity index (χ4n) is 3.93. The molecular weight excluding hydrogens is 499 g/mol. The van der Waals surface area contributed by atoms with E-state index < -0.39 is 28.0 Å². The molecule has 3 heterocycles. The Bertz CT molecular complexity index is 1200. The van der Waals surface area contributed by atoms with E-state index in [1.54, 1.807) is 17.0 Å². The minimum atomic E-state index is -4.70. The third-order valence-corrected chi connectivity index (χ3v) is 7.07. The van der Waals surface area contributed by atoms with Gasteiger partial charge in [-0.25, -0.2) is 9.97 Å². The Kier molecular flexibility index (Phi) is 7.66. The van der Waals surface area contributed by atoms with Gasteiger partial charge in [-0.15, -0.1) is 0 Å². The first-order valence-corrected chi connectivity index (χ1v) is 13.0. The lowest BCUT2D eigenvalue weighted by Crippen LogP contribution is -2.46. The summed E-state index contributed by atoms with van der Waals surface area (Å²) in [7, 11) is -2.38. The van der Waals surface area contributed by atoms with E-state index in [0.717, 1.165) is 18.4 Å². The minimum absolute atomic E-state index is 0.0610. The molecule has 0 spiro atoms. The van der Waals surface area contributed by atoms with Crippen LogP contribution < -0.4 is 19.7 Å². The van der Waals surface area contributed by atoms with Gasteiger partial charge in [-0.3, -0.25) is 14.4 Å². The first kappa shape index (κ1) is 26.1. The van der Waals surface area contributed by atoms with Crippen molar-refractivity contribution in [2.45, 2.75) is 25.6 Å². The molecule has 0 aromatic carbocycles. The van der Waals surface area contributed by atoms with Gasteiger partial charge in [-0.2, -0.15) is 26.3 Å². The number of aromatic nitrogens is 2. The molecule has 0 atom stereocenters. The van der Waals surface area contributed by atoms with E-state index in [1.807, 2.05) is 0 Å². The summed E-state index contributed by atoms with van der Waals surface area (Å²) in [6, 6.07) is 5.99. The number of pyridine rings is 2. The summed E-state index contributed by atoms with van der Waals surface area (Å²) in [5, 5.41) is 2.28. The van der Waals surface area contributed by atoms with Gasteiger partial charge in [0.15, 0.2) is 5.69 Å². The lowest BCUT2D eigenvalue weighted by atomic mass is 10.1. The molecule has 2 aliphatic rings. The van der Waals surface area contributed by atoms with Crippen LogP contribution in [0.2, 0.25) is 0 Å². The van der Waals surface area contributed by atoms with E-state index in [-0.39, 0.29) is 17.2 Å². The van der Waals surface area contributed by atoms with Gasteiger partial charge >= 0.3 is 6.18 Å². The smallest absolute Gasteiger partial charge is 0.367 e. The summed E-state index contributed by atoms with van der Waals surface area (Å²) in [6.45, 7) is 2.53. The van der Waals surface area contributed by atoms with E-state index in [9.17, 15) is 26.4 Å². The van der Waals surface area contributed by atoms with Gasteiger partial charge < -0.3 is 10.2 Å². The molecule has 2 aromatic rings. The number of carbonyl (C=O) groups is 1. The van der Waals surface area contributed by atoms with Crippen molar-refractivity contribution >= 4 is 27.6 Å². The molecule has 2 aromatic heterocycles. The number of rotatable bonds is 9. The largest absolute Gasteiger partial charge is 0.435 e. The molecule has 36 heavy (non-hydrogen) atoms. The van der Waals surface area contributed by atoms with Crippen LogP contribution in [0.25, 0.3) is 0 Å². The average Bonchev–Trinajstić information content (AvgIpc) is 3.67. The topological polar surface area (TPSA) is 120 Å². The van der Waals surface area contributed by atoms with Crippen LogP contribution >= 0.6 is 0 Å². The fraction of sp³-hybridized carbons (Fsp3) is 0.500. The van der Waals surface area contributed by atoms with Crippen molar-refractivity contribution < 1.29 is 26.4 Å². The zero-order valence-electron chi connectivity index (χ0n) is 19.7. The molecule has 1 aliphatic carbocycles. The first-order valence-electron chi connectivity index (χ1n) is 11.5. The van der Waals surface area contributed by atoms with Gasteiger partial charge in [0.1, 0.15) is 11.5 Å². The number of halogens is 3. The van der Waals surface area contributed by atoms with Crippen LogP contribution in [0.15, 0.2) is 30.5 Å². The van der Waals surface area contributed by atoms with E-state index in [4.69, 9.17) is 0 Å². The van der Waals surface area contributed by atoms with Crippen LogP contribution in [0.5, 0.6) is 0 Å². The summed E-state index contributed by atoms with van der Waals surface area (Å²) in [6.07, 6.45) is -1.14. The monoisotopic (exact) mass is 527 g/mol. The molecule has 2 fully saturated rings. The van der Waals surface area contributed by atoms with Crippen LogP contribution in [0.1, 0.15) is 34.6 Å².